The number of hydrogen-bond donors (Lipinski definition) is 1. The number of fused-ring (bicyclic) bond motifs is 1. The largest absolute Gasteiger partial charge is 0.494 e. The number of nitrogens with zero attached hydrogens (tertiary/aromatic N) is 1. The highest BCUT2D eigenvalue weighted by molar-refractivity contribution is 5.83. The number of benzene rings is 2. The first-order chi connectivity index (χ1) is 9.20. The van der Waals surface area contributed by atoms with Crippen molar-refractivity contribution < 1.29 is 4.74 Å². The van der Waals surface area contributed by atoms with E-state index in [1.807, 2.05) is 49.4 Å². The number of para-hydroxylation sites is 1. The van der Waals surface area contributed by atoms with Gasteiger partial charge in [-0.3, -0.25) is 4.57 Å². The fraction of sp³-hybridized carbons (Fsp3) is 0.133. The van der Waals surface area contributed by atoms with Crippen LogP contribution in [0.1, 0.15) is 5.56 Å². The summed E-state index contributed by atoms with van der Waals surface area (Å²) in [5.74, 6) is 0.677. The lowest BCUT2D eigenvalue weighted by molar-refractivity contribution is 0.418. The number of imidazole rings is 1. The van der Waals surface area contributed by atoms with E-state index < -0.39 is 0 Å². The number of hydrogen-bond acceptors (Lipinski definition) is 2. The van der Waals surface area contributed by atoms with E-state index in [-0.39, 0.29) is 5.69 Å². The normalized spacial score (nSPS) is 10.8. The zero-order valence-electron chi connectivity index (χ0n) is 10.8. The molecule has 0 aliphatic carbocycles. The molecule has 96 valence electrons. The van der Waals surface area contributed by atoms with Crippen LogP contribution in [0.2, 0.25) is 0 Å². The van der Waals surface area contributed by atoms with Crippen molar-refractivity contribution in [1.82, 2.24) is 9.55 Å². The number of H-pyrrole nitrogens is 1. The van der Waals surface area contributed by atoms with Crippen LogP contribution in [0.3, 0.4) is 0 Å². The second kappa shape index (κ2) is 4.31. The van der Waals surface area contributed by atoms with E-state index in [2.05, 4.69) is 4.98 Å². The van der Waals surface area contributed by atoms with Crippen molar-refractivity contribution in [2.75, 3.05) is 7.11 Å². The summed E-state index contributed by atoms with van der Waals surface area (Å²) in [6, 6.07) is 13.4. The molecule has 0 spiro atoms. The van der Waals surface area contributed by atoms with Crippen LogP contribution in [-0.4, -0.2) is 16.7 Å². The lowest BCUT2D eigenvalue weighted by Crippen LogP contribution is -2.14. The van der Waals surface area contributed by atoms with Crippen LogP contribution in [0.15, 0.2) is 47.3 Å². The van der Waals surface area contributed by atoms with Crippen LogP contribution in [0.4, 0.5) is 0 Å². The summed E-state index contributed by atoms with van der Waals surface area (Å²) in [6.07, 6.45) is 0. The first-order valence-corrected chi connectivity index (χ1v) is 6.05. The fourth-order valence-electron chi connectivity index (χ4n) is 2.23. The van der Waals surface area contributed by atoms with E-state index in [4.69, 9.17) is 4.74 Å². The van der Waals surface area contributed by atoms with Gasteiger partial charge in [0.05, 0.1) is 18.3 Å². The molecule has 0 unspecified atom stereocenters. The highest BCUT2D eigenvalue weighted by Gasteiger charge is 2.12. The van der Waals surface area contributed by atoms with Crippen molar-refractivity contribution >= 4 is 11.0 Å². The average Bonchev–Trinajstić information content (AvgIpc) is 2.75. The van der Waals surface area contributed by atoms with E-state index >= 15 is 0 Å². The van der Waals surface area contributed by atoms with Gasteiger partial charge in [-0.15, -0.1) is 0 Å². The summed E-state index contributed by atoms with van der Waals surface area (Å²) in [5, 5.41) is 0. The van der Waals surface area contributed by atoms with E-state index in [9.17, 15) is 4.79 Å². The van der Waals surface area contributed by atoms with Gasteiger partial charge in [0.25, 0.3) is 0 Å². The van der Waals surface area contributed by atoms with Crippen LogP contribution >= 0.6 is 0 Å². The molecule has 0 aliphatic rings. The Kier molecular flexibility index (Phi) is 2.63. The molecule has 0 saturated carbocycles. The van der Waals surface area contributed by atoms with Crippen LogP contribution in [0, 0.1) is 6.92 Å². The molecule has 0 amide bonds. The quantitative estimate of drug-likeness (QED) is 0.764. The van der Waals surface area contributed by atoms with Gasteiger partial charge in [0.15, 0.2) is 0 Å². The van der Waals surface area contributed by atoms with Crippen LogP contribution in [-0.2, 0) is 0 Å². The Morgan fingerprint density at radius 3 is 2.53 bits per heavy atom. The maximum absolute atomic E-state index is 12.1. The molecule has 4 nitrogen and oxygen atoms in total. The summed E-state index contributed by atoms with van der Waals surface area (Å²) >= 11 is 0. The zero-order chi connectivity index (χ0) is 13.4. The molecule has 3 rings (SSSR count). The molecule has 0 fully saturated rings. The zero-order valence-corrected chi connectivity index (χ0v) is 10.8. The van der Waals surface area contributed by atoms with Crippen LogP contribution in [0.25, 0.3) is 16.7 Å². The Hall–Kier alpha value is -2.49. The summed E-state index contributed by atoms with van der Waals surface area (Å²) in [5.41, 5.74) is 3.35. The third-order valence-electron chi connectivity index (χ3n) is 3.18. The van der Waals surface area contributed by atoms with Gasteiger partial charge in [-0.2, -0.15) is 0 Å². The highest BCUT2D eigenvalue weighted by atomic mass is 16.5. The third-order valence-corrected chi connectivity index (χ3v) is 3.18. The lowest BCUT2D eigenvalue weighted by atomic mass is 10.2. The molecule has 0 saturated heterocycles. The SMILES string of the molecule is COc1cccc2[nH]c(=O)n(-c3ccc(C)cc3)c12. The second-order valence-electron chi connectivity index (χ2n) is 4.46. The summed E-state index contributed by atoms with van der Waals surface area (Å²) in [7, 11) is 1.60. The molecular weight excluding hydrogens is 240 g/mol. The number of methoxy groups -OCH3 is 1. The Morgan fingerprint density at radius 1 is 1.11 bits per heavy atom. The molecule has 0 bridgehead atoms. The lowest BCUT2D eigenvalue weighted by Gasteiger charge is -2.07. The minimum atomic E-state index is -0.164. The molecule has 1 aromatic heterocycles. The maximum atomic E-state index is 12.1. The Morgan fingerprint density at radius 2 is 1.84 bits per heavy atom. The summed E-state index contributed by atoms with van der Waals surface area (Å²) in [4.78, 5) is 15.0. The van der Waals surface area contributed by atoms with E-state index in [0.29, 0.717) is 5.75 Å². The van der Waals surface area contributed by atoms with Crippen molar-refractivity contribution in [2.24, 2.45) is 0 Å². The number of ether oxygens (including phenoxy) is 1. The van der Waals surface area contributed by atoms with Crippen molar-refractivity contribution in [3.8, 4) is 11.4 Å². The Balaban J connectivity index is 2.37. The molecule has 4 heteroatoms. The maximum Gasteiger partial charge on any atom is 0.331 e. The number of rotatable bonds is 2. The van der Waals surface area contributed by atoms with E-state index in [0.717, 1.165) is 22.3 Å². The minimum Gasteiger partial charge on any atom is -0.494 e. The van der Waals surface area contributed by atoms with Gasteiger partial charge in [0.1, 0.15) is 11.3 Å². The van der Waals surface area contributed by atoms with Gasteiger partial charge in [-0.25, -0.2) is 4.79 Å². The van der Waals surface area contributed by atoms with Gasteiger partial charge in [0.2, 0.25) is 0 Å². The molecule has 19 heavy (non-hydrogen) atoms. The van der Waals surface area contributed by atoms with Gasteiger partial charge in [-0.05, 0) is 31.2 Å². The molecule has 0 radical (unpaired) electrons. The summed E-state index contributed by atoms with van der Waals surface area (Å²) < 4.78 is 6.98. The minimum absolute atomic E-state index is 0.164. The predicted molar refractivity (Wildman–Crippen MR) is 75.2 cm³/mol. The number of aromatic amines is 1. The molecule has 3 aromatic rings. The molecular formula is C15H14N2O2. The summed E-state index contributed by atoms with van der Waals surface area (Å²) in [6.45, 7) is 2.02. The Bertz CT molecular complexity index is 782. The number of aromatic nitrogens is 2. The van der Waals surface area contributed by atoms with Crippen LogP contribution < -0.4 is 10.4 Å². The van der Waals surface area contributed by atoms with Gasteiger partial charge < -0.3 is 9.72 Å². The monoisotopic (exact) mass is 254 g/mol. The van der Waals surface area contributed by atoms with Crippen LogP contribution in [0.5, 0.6) is 5.75 Å². The predicted octanol–water partition coefficient (Wildman–Crippen LogP) is 2.64. The average molecular weight is 254 g/mol. The number of nitrogens with one attached hydrogen (secondary N) is 1. The Labute approximate surface area is 110 Å². The second-order valence-corrected chi connectivity index (χ2v) is 4.46. The van der Waals surface area contributed by atoms with Gasteiger partial charge >= 0.3 is 5.69 Å². The van der Waals surface area contributed by atoms with Crippen molar-refractivity contribution in [3.05, 3.63) is 58.5 Å². The van der Waals surface area contributed by atoms with Gasteiger partial charge in [0, 0.05) is 0 Å². The first kappa shape index (κ1) is 11.6. The van der Waals surface area contributed by atoms with Crippen molar-refractivity contribution in [2.45, 2.75) is 6.92 Å². The fourth-order valence-corrected chi connectivity index (χ4v) is 2.23. The molecule has 1 heterocycles. The number of aryl methyl sites for hydroxylation is 1. The molecule has 1 N–H and O–H groups in total. The molecule has 0 atom stereocenters. The topological polar surface area (TPSA) is 47.0 Å². The van der Waals surface area contributed by atoms with E-state index in [1.165, 1.54) is 0 Å². The molecule has 2 aromatic carbocycles. The van der Waals surface area contributed by atoms with Crippen molar-refractivity contribution in [3.63, 3.8) is 0 Å². The molecule has 0 aliphatic heterocycles. The van der Waals surface area contributed by atoms with Crippen molar-refractivity contribution in [1.29, 1.82) is 0 Å². The standard InChI is InChI=1S/C15H14N2O2/c1-10-6-8-11(9-7-10)17-14-12(16-15(17)18)4-3-5-13(14)19-2/h3-9H,1-2H3,(H,16,18). The van der Waals surface area contributed by atoms with E-state index in [1.54, 1.807) is 11.7 Å². The highest BCUT2D eigenvalue weighted by Crippen LogP contribution is 2.25. The first-order valence-electron chi connectivity index (χ1n) is 6.05. The smallest absolute Gasteiger partial charge is 0.331 e. The third kappa shape index (κ3) is 1.81. The van der Waals surface area contributed by atoms with Gasteiger partial charge in [-0.1, -0.05) is 23.8 Å².